The van der Waals surface area contributed by atoms with E-state index in [9.17, 15) is 0 Å². The zero-order chi connectivity index (χ0) is 4.50. The molecule has 0 aliphatic carbocycles. The minimum atomic E-state index is -5.12. The molecule has 0 unspecified atom stereocenters. The van der Waals surface area contributed by atoms with Crippen LogP contribution in [0.4, 0.5) is 0 Å². The van der Waals surface area contributed by atoms with Gasteiger partial charge < -0.3 is 16.4 Å². The van der Waals surface area contributed by atoms with Crippen molar-refractivity contribution in [2.45, 2.75) is 0 Å². The van der Waals surface area contributed by atoms with Crippen LogP contribution in [0.1, 0.15) is 0 Å². The van der Waals surface area contributed by atoms with E-state index >= 15 is 0 Å². The van der Waals surface area contributed by atoms with E-state index < -0.39 is 14.5 Å². The number of hydrogen-bond acceptors (Lipinski definition) is 1. The molecule has 7 nitrogen and oxygen atoms in total. The molecule has 0 rings (SSSR count). The molecule has 0 fully saturated rings. The van der Waals surface area contributed by atoms with Gasteiger partial charge >= 0.3 is 60.1 Å². The van der Waals surface area contributed by atoms with Crippen molar-refractivity contribution in [1.29, 1.82) is 0 Å². The summed E-state index contributed by atoms with van der Waals surface area (Å²) in [6.45, 7) is 0. The van der Waals surface area contributed by atoms with Crippen molar-refractivity contribution in [3.63, 3.8) is 0 Å². The Balaban J connectivity index is -0.0000000133. The molecule has 0 amide bonds. The fourth-order valence-corrected chi connectivity index (χ4v) is 0. The fraction of sp³-hybridized carbons (Fsp3) is 0. The molecule has 0 aromatic heterocycles. The molecule has 0 bridgehead atoms. The van der Waals surface area contributed by atoms with E-state index in [1.54, 1.807) is 0 Å². The monoisotopic (exact) mass is 220 g/mol. The zero-order valence-corrected chi connectivity index (χ0v) is 5.57. The van der Waals surface area contributed by atoms with Gasteiger partial charge in [0.05, 0.1) is 0 Å². The minimum absolute atomic E-state index is 0. The molecule has 58 valence electrons. The normalized spacial score (nSPS) is 6.56. The average molecular weight is 220 g/mol. The van der Waals surface area contributed by atoms with Gasteiger partial charge in [0.15, 0.2) is 0 Å². The summed E-state index contributed by atoms with van der Waals surface area (Å²) >= 11 is -5.12. The van der Waals surface area contributed by atoms with Crippen molar-refractivity contribution in [3.8, 4) is 0 Å². The molecule has 0 saturated carbocycles. The van der Waals surface area contributed by atoms with Gasteiger partial charge in [-0.3, -0.25) is 0 Å². The Labute approximate surface area is 76.3 Å². The van der Waals surface area contributed by atoms with E-state index in [2.05, 4.69) is 0 Å². The first kappa shape index (κ1) is 32.1. The summed E-state index contributed by atoms with van der Waals surface area (Å²) in [7, 11) is 0. The summed E-state index contributed by atoms with van der Waals surface area (Å²) in [5.74, 6) is 0. The molecule has 9 heavy (non-hydrogen) atoms. The second-order valence-corrected chi connectivity index (χ2v) is 2.67. The Morgan fingerprint density at radius 2 is 0.889 bits per heavy atom. The molecule has 0 aromatic carbocycles. The van der Waals surface area contributed by atoms with Gasteiger partial charge in [-0.25, -0.2) is 0 Å². The Kier molecular flexibility index (Phi) is 42.3. The van der Waals surface area contributed by atoms with Crippen molar-refractivity contribution in [3.05, 3.63) is 0 Å². The van der Waals surface area contributed by atoms with Gasteiger partial charge in [-0.1, -0.05) is 0 Å². The first-order valence-electron chi connectivity index (χ1n) is 0.783. The molecule has 9 heteroatoms. The van der Waals surface area contributed by atoms with E-state index in [1.807, 2.05) is 0 Å². The third kappa shape index (κ3) is 369. The van der Waals surface area contributed by atoms with Gasteiger partial charge in [-0.15, -0.1) is 0 Å². The first-order chi connectivity index (χ1) is 2.00. The first-order valence-corrected chi connectivity index (χ1v) is 4.07. The van der Waals surface area contributed by atoms with Crippen molar-refractivity contribution < 1.29 is 32.5 Å². The van der Waals surface area contributed by atoms with Crippen molar-refractivity contribution in [2.75, 3.05) is 0 Å². The molecular formula is H10AsNaO7. The van der Waals surface area contributed by atoms with Crippen LogP contribution < -0.4 is 0 Å². The van der Waals surface area contributed by atoms with Crippen LogP contribution in [0.3, 0.4) is 0 Å². The van der Waals surface area contributed by atoms with E-state index in [1.165, 1.54) is 0 Å². The van der Waals surface area contributed by atoms with Crippen LogP contribution in [0.25, 0.3) is 0 Å². The van der Waals surface area contributed by atoms with E-state index in [0.29, 0.717) is 0 Å². The van der Waals surface area contributed by atoms with Crippen molar-refractivity contribution in [2.24, 2.45) is 0 Å². The Morgan fingerprint density at radius 3 is 0.889 bits per heavy atom. The number of rotatable bonds is 0. The topological polar surface area (TPSA) is 172 Å². The standard InChI is InChI=1S/AsH3O4.Na.3H2O.H/c2-1(3,4)5;;;;;/h(H3,2,3,4,5);;3*1H2;. The third-order valence-electron chi connectivity index (χ3n) is 0. The summed E-state index contributed by atoms with van der Waals surface area (Å²) in [6, 6.07) is 0. The quantitative estimate of drug-likeness (QED) is 0.346. The fourth-order valence-electron chi connectivity index (χ4n) is 0. The molecule has 0 spiro atoms. The van der Waals surface area contributed by atoms with Crippen LogP contribution in [-0.4, -0.2) is 72.8 Å². The Hall–Kier alpha value is 1.12. The molecule has 0 aliphatic rings. The summed E-state index contributed by atoms with van der Waals surface area (Å²) in [5.41, 5.74) is 0. The Morgan fingerprint density at radius 1 is 0.889 bits per heavy atom. The van der Waals surface area contributed by atoms with Crippen LogP contribution in [0.5, 0.6) is 0 Å². The van der Waals surface area contributed by atoms with Crippen LogP contribution in [0.15, 0.2) is 0 Å². The van der Waals surface area contributed by atoms with Gasteiger partial charge in [0.25, 0.3) is 0 Å². The predicted octanol–water partition coefficient (Wildman–Crippen LogP) is -5.29. The molecule has 0 radical (unpaired) electrons. The Bertz CT molecular complexity index is 55.1. The molecule has 0 heterocycles. The van der Waals surface area contributed by atoms with Gasteiger partial charge in [0.2, 0.25) is 0 Å². The predicted molar refractivity (Wildman–Crippen MR) is 31.1 cm³/mol. The molecule has 0 saturated heterocycles. The van der Waals surface area contributed by atoms with Gasteiger partial charge in [0.1, 0.15) is 0 Å². The average Bonchev–Trinajstić information content (AvgIpc) is 0.722. The maximum absolute atomic E-state index is 8.94. The molecular weight excluding hydrogens is 210 g/mol. The van der Waals surface area contributed by atoms with Crippen molar-refractivity contribution in [1.82, 2.24) is 0 Å². The van der Waals surface area contributed by atoms with Gasteiger partial charge in [-0.05, 0) is 0 Å². The molecule has 9 N–H and O–H groups in total. The maximum atomic E-state index is 8.94. The van der Waals surface area contributed by atoms with Crippen LogP contribution in [-0.2, 0) is 3.74 Å². The summed E-state index contributed by atoms with van der Waals surface area (Å²) in [6.07, 6.45) is 0. The second kappa shape index (κ2) is 11.9. The zero-order valence-electron chi connectivity index (χ0n) is 3.70. The van der Waals surface area contributed by atoms with E-state index in [0.717, 1.165) is 0 Å². The van der Waals surface area contributed by atoms with E-state index in [4.69, 9.17) is 16.0 Å². The van der Waals surface area contributed by atoms with E-state index in [-0.39, 0.29) is 46.0 Å². The second-order valence-electron chi connectivity index (χ2n) is 0.513. The third-order valence-corrected chi connectivity index (χ3v) is 0. The van der Waals surface area contributed by atoms with Crippen LogP contribution >= 0.6 is 0 Å². The van der Waals surface area contributed by atoms with Crippen LogP contribution in [0.2, 0.25) is 0 Å². The SMILES string of the molecule is O.O.O.O=[As](O)(O)O.[NaH]. The van der Waals surface area contributed by atoms with Crippen molar-refractivity contribution >= 4 is 44.1 Å². The molecule has 0 aliphatic heterocycles. The summed E-state index contributed by atoms with van der Waals surface area (Å²) in [5, 5.41) is 0. The molecule has 0 atom stereocenters. The molecule has 0 aromatic rings. The number of hydrogen-bond donors (Lipinski definition) is 3. The van der Waals surface area contributed by atoms with Crippen LogP contribution in [0, 0.1) is 0 Å². The van der Waals surface area contributed by atoms with Gasteiger partial charge in [-0.2, -0.15) is 0 Å². The summed E-state index contributed by atoms with van der Waals surface area (Å²) in [4.78, 5) is 0. The summed E-state index contributed by atoms with van der Waals surface area (Å²) < 4.78 is 30.7. The van der Waals surface area contributed by atoms with Gasteiger partial charge in [0, 0.05) is 0 Å².